The van der Waals surface area contributed by atoms with Crippen molar-refractivity contribution in [2.75, 3.05) is 13.7 Å². The highest BCUT2D eigenvalue weighted by Crippen LogP contribution is 2.43. The lowest BCUT2D eigenvalue weighted by Gasteiger charge is -2.40. The molecular weight excluding hydrogens is 226 g/mol. The first-order valence-electron chi connectivity index (χ1n) is 6.48. The van der Waals surface area contributed by atoms with Crippen LogP contribution in [0.2, 0.25) is 0 Å². The number of ether oxygens (including phenoxy) is 1. The van der Waals surface area contributed by atoms with Crippen molar-refractivity contribution >= 4 is 5.78 Å². The highest BCUT2D eigenvalue weighted by molar-refractivity contribution is 5.98. The molecule has 0 unspecified atom stereocenters. The van der Waals surface area contributed by atoms with Gasteiger partial charge in [0, 0.05) is 12.0 Å². The number of benzene rings is 1. The molecule has 1 aliphatic rings. The predicted octanol–water partition coefficient (Wildman–Crippen LogP) is 2.71. The molecule has 0 heterocycles. The van der Waals surface area contributed by atoms with E-state index in [2.05, 4.69) is 0 Å². The SMILES string of the molecule is COc1ccc(C(=O)CC2(CN)CCC2)c(C)c1. The zero-order chi connectivity index (χ0) is 13.2. The van der Waals surface area contributed by atoms with Crippen molar-refractivity contribution in [3.05, 3.63) is 29.3 Å². The summed E-state index contributed by atoms with van der Waals surface area (Å²) in [5.41, 5.74) is 7.66. The minimum absolute atomic E-state index is 0.0729. The first-order chi connectivity index (χ1) is 8.60. The van der Waals surface area contributed by atoms with E-state index in [4.69, 9.17) is 10.5 Å². The number of carbonyl (C=O) groups excluding carboxylic acids is 1. The zero-order valence-electron chi connectivity index (χ0n) is 11.2. The van der Waals surface area contributed by atoms with Gasteiger partial charge in [0.25, 0.3) is 0 Å². The third-order valence-electron chi connectivity index (χ3n) is 4.12. The summed E-state index contributed by atoms with van der Waals surface area (Å²) in [7, 11) is 1.63. The van der Waals surface area contributed by atoms with Crippen LogP contribution in [-0.2, 0) is 0 Å². The van der Waals surface area contributed by atoms with Gasteiger partial charge in [0.2, 0.25) is 0 Å². The molecule has 1 aliphatic carbocycles. The van der Waals surface area contributed by atoms with Gasteiger partial charge in [-0.05, 0) is 55.5 Å². The summed E-state index contributed by atoms with van der Waals surface area (Å²) in [4.78, 5) is 12.3. The van der Waals surface area contributed by atoms with E-state index >= 15 is 0 Å². The average Bonchev–Trinajstić information content (AvgIpc) is 2.33. The highest BCUT2D eigenvalue weighted by atomic mass is 16.5. The Hall–Kier alpha value is -1.35. The number of hydrogen-bond acceptors (Lipinski definition) is 3. The topological polar surface area (TPSA) is 52.3 Å². The minimum Gasteiger partial charge on any atom is -0.497 e. The van der Waals surface area contributed by atoms with Crippen LogP contribution in [-0.4, -0.2) is 19.4 Å². The van der Waals surface area contributed by atoms with Crippen molar-refractivity contribution in [2.45, 2.75) is 32.6 Å². The molecule has 1 aromatic carbocycles. The molecule has 1 fully saturated rings. The zero-order valence-corrected chi connectivity index (χ0v) is 11.2. The van der Waals surface area contributed by atoms with Crippen LogP contribution in [0.5, 0.6) is 5.75 Å². The second-order valence-electron chi connectivity index (χ2n) is 5.34. The van der Waals surface area contributed by atoms with Gasteiger partial charge in [0.15, 0.2) is 5.78 Å². The van der Waals surface area contributed by atoms with Gasteiger partial charge in [-0.1, -0.05) is 6.42 Å². The Kier molecular flexibility index (Phi) is 3.71. The second kappa shape index (κ2) is 5.11. The Bertz CT molecular complexity index is 444. The van der Waals surface area contributed by atoms with E-state index in [9.17, 15) is 4.79 Å². The fourth-order valence-electron chi connectivity index (χ4n) is 2.64. The van der Waals surface area contributed by atoms with Crippen molar-refractivity contribution in [3.8, 4) is 5.75 Å². The van der Waals surface area contributed by atoms with Gasteiger partial charge in [0.1, 0.15) is 5.75 Å². The molecule has 2 N–H and O–H groups in total. The Morgan fingerprint density at radius 3 is 2.61 bits per heavy atom. The summed E-state index contributed by atoms with van der Waals surface area (Å²) in [6, 6.07) is 5.61. The van der Waals surface area contributed by atoms with Crippen LogP contribution < -0.4 is 10.5 Å². The summed E-state index contributed by atoms with van der Waals surface area (Å²) in [5, 5.41) is 0. The van der Waals surface area contributed by atoms with Crippen LogP contribution in [0.3, 0.4) is 0 Å². The molecule has 1 saturated carbocycles. The Morgan fingerprint density at radius 1 is 1.44 bits per heavy atom. The summed E-state index contributed by atoms with van der Waals surface area (Å²) < 4.78 is 5.15. The molecule has 3 heteroatoms. The molecule has 0 radical (unpaired) electrons. The molecule has 0 aliphatic heterocycles. The molecule has 0 spiro atoms. The lowest BCUT2D eigenvalue weighted by Crippen LogP contribution is -2.39. The number of ketones is 1. The highest BCUT2D eigenvalue weighted by Gasteiger charge is 2.37. The van der Waals surface area contributed by atoms with Gasteiger partial charge in [-0.25, -0.2) is 0 Å². The number of hydrogen-bond donors (Lipinski definition) is 1. The molecule has 0 atom stereocenters. The molecule has 0 amide bonds. The number of nitrogens with two attached hydrogens (primary N) is 1. The van der Waals surface area contributed by atoms with E-state index in [0.29, 0.717) is 13.0 Å². The fraction of sp³-hybridized carbons (Fsp3) is 0.533. The van der Waals surface area contributed by atoms with Crippen molar-refractivity contribution in [1.82, 2.24) is 0 Å². The molecule has 3 nitrogen and oxygen atoms in total. The Labute approximate surface area is 108 Å². The van der Waals surface area contributed by atoms with Crippen molar-refractivity contribution < 1.29 is 9.53 Å². The van der Waals surface area contributed by atoms with Crippen molar-refractivity contribution in [3.63, 3.8) is 0 Å². The Balaban J connectivity index is 2.14. The minimum atomic E-state index is 0.0729. The van der Waals surface area contributed by atoms with Gasteiger partial charge in [-0.3, -0.25) is 4.79 Å². The van der Waals surface area contributed by atoms with Crippen LogP contribution in [0.4, 0.5) is 0 Å². The van der Waals surface area contributed by atoms with Crippen molar-refractivity contribution in [1.29, 1.82) is 0 Å². The fourth-order valence-corrected chi connectivity index (χ4v) is 2.64. The Morgan fingerprint density at radius 2 is 2.17 bits per heavy atom. The third kappa shape index (κ3) is 2.41. The lowest BCUT2D eigenvalue weighted by atomic mass is 9.65. The standard InChI is InChI=1S/C15H21NO2/c1-11-8-12(18-2)4-5-13(11)14(17)9-15(10-16)6-3-7-15/h4-5,8H,3,6-7,9-10,16H2,1-2H3. The summed E-state index contributed by atoms with van der Waals surface area (Å²) >= 11 is 0. The third-order valence-corrected chi connectivity index (χ3v) is 4.12. The first kappa shape index (κ1) is 13.1. The number of rotatable bonds is 5. The number of carbonyl (C=O) groups is 1. The van der Waals surface area contributed by atoms with Crippen LogP contribution in [0, 0.1) is 12.3 Å². The normalized spacial score (nSPS) is 17.1. The van der Waals surface area contributed by atoms with Gasteiger partial charge in [0.05, 0.1) is 7.11 Å². The van der Waals surface area contributed by atoms with E-state index in [1.54, 1.807) is 7.11 Å². The molecule has 1 aromatic rings. The monoisotopic (exact) mass is 247 g/mol. The molecule has 18 heavy (non-hydrogen) atoms. The van der Waals surface area contributed by atoms with Crippen LogP contribution in [0.1, 0.15) is 41.6 Å². The number of Topliss-reactive ketones (excluding diaryl/α,β-unsaturated/α-hetero) is 1. The summed E-state index contributed by atoms with van der Waals surface area (Å²) in [5.74, 6) is 1.00. The second-order valence-corrected chi connectivity index (χ2v) is 5.34. The maximum Gasteiger partial charge on any atom is 0.163 e. The van der Waals surface area contributed by atoms with Gasteiger partial charge < -0.3 is 10.5 Å². The average molecular weight is 247 g/mol. The molecular formula is C15H21NO2. The number of aryl methyl sites for hydroxylation is 1. The molecule has 98 valence electrons. The predicted molar refractivity (Wildman–Crippen MR) is 72.0 cm³/mol. The van der Waals surface area contributed by atoms with Crippen LogP contribution in [0.25, 0.3) is 0 Å². The van der Waals surface area contributed by atoms with Crippen LogP contribution >= 0.6 is 0 Å². The van der Waals surface area contributed by atoms with E-state index in [0.717, 1.165) is 29.7 Å². The van der Waals surface area contributed by atoms with Gasteiger partial charge in [-0.2, -0.15) is 0 Å². The maximum atomic E-state index is 12.3. The summed E-state index contributed by atoms with van der Waals surface area (Å²) in [6.45, 7) is 2.57. The number of methoxy groups -OCH3 is 1. The van der Waals surface area contributed by atoms with E-state index in [1.807, 2.05) is 25.1 Å². The van der Waals surface area contributed by atoms with E-state index in [1.165, 1.54) is 6.42 Å². The van der Waals surface area contributed by atoms with Crippen LogP contribution in [0.15, 0.2) is 18.2 Å². The molecule has 2 rings (SSSR count). The quantitative estimate of drug-likeness (QED) is 0.814. The first-order valence-corrected chi connectivity index (χ1v) is 6.48. The van der Waals surface area contributed by atoms with Gasteiger partial charge >= 0.3 is 0 Å². The molecule has 0 saturated heterocycles. The van der Waals surface area contributed by atoms with E-state index < -0.39 is 0 Å². The van der Waals surface area contributed by atoms with Gasteiger partial charge in [-0.15, -0.1) is 0 Å². The smallest absolute Gasteiger partial charge is 0.163 e. The molecule has 0 bridgehead atoms. The van der Waals surface area contributed by atoms with Crippen molar-refractivity contribution in [2.24, 2.45) is 11.1 Å². The summed E-state index contributed by atoms with van der Waals surface area (Å²) in [6.07, 6.45) is 3.96. The maximum absolute atomic E-state index is 12.3. The largest absolute Gasteiger partial charge is 0.497 e. The molecule has 0 aromatic heterocycles. The lowest BCUT2D eigenvalue weighted by molar-refractivity contribution is 0.0785. The van der Waals surface area contributed by atoms with E-state index in [-0.39, 0.29) is 11.2 Å².